The Labute approximate surface area is 101 Å². The molecule has 0 amide bonds. The molecule has 5 heteroatoms. The van der Waals surface area contributed by atoms with Gasteiger partial charge < -0.3 is 9.80 Å². The van der Waals surface area contributed by atoms with E-state index in [2.05, 4.69) is 26.8 Å². The molecular weight excluding hydrogens is 216 g/mol. The van der Waals surface area contributed by atoms with Crippen molar-refractivity contribution in [3.8, 4) is 0 Å². The molecule has 1 fully saturated rings. The van der Waals surface area contributed by atoms with Gasteiger partial charge in [0.2, 0.25) is 0 Å². The van der Waals surface area contributed by atoms with Crippen molar-refractivity contribution in [3.05, 3.63) is 18.1 Å². The van der Waals surface area contributed by atoms with Gasteiger partial charge in [0.1, 0.15) is 5.82 Å². The van der Waals surface area contributed by atoms with Crippen LogP contribution in [0.25, 0.3) is 0 Å². The van der Waals surface area contributed by atoms with E-state index in [1.54, 1.807) is 6.20 Å². The maximum absolute atomic E-state index is 11.5. The number of anilines is 1. The first-order valence-electron chi connectivity index (χ1n) is 6.00. The highest BCUT2D eigenvalue weighted by Crippen LogP contribution is 2.12. The van der Waals surface area contributed by atoms with E-state index >= 15 is 0 Å². The van der Waals surface area contributed by atoms with E-state index in [4.69, 9.17) is 0 Å². The van der Waals surface area contributed by atoms with Gasteiger partial charge in [-0.25, -0.2) is 9.97 Å². The standard InChI is InChI=1S/C12H18N4O/c1-3-10(17)12-13-5-4-11(14-12)16-8-6-15(2)7-9-16/h4-5H,3,6-9H2,1-2H3. The number of rotatable bonds is 3. The highest BCUT2D eigenvalue weighted by Gasteiger charge is 2.16. The molecular formula is C12H18N4O. The zero-order valence-corrected chi connectivity index (χ0v) is 10.4. The van der Waals surface area contributed by atoms with Gasteiger partial charge in [0.15, 0.2) is 11.6 Å². The van der Waals surface area contributed by atoms with Crippen molar-refractivity contribution in [2.24, 2.45) is 0 Å². The van der Waals surface area contributed by atoms with Crippen LogP contribution in [-0.2, 0) is 0 Å². The van der Waals surface area contributed by atoms with Crippen molar-refractivity contribution in [1.29, 1.82) is 0 Å². The summed E-state index contributed by atoms with van der Waals surface area (Å²) >= 11 is 0. The van der Waals surface area contributed by atoms with Crippen molar-refractivity contribution in [2.75, 3.05) is 38.1 Å². The van der Waals surface area contributed by atoms with Crippen LogP contribution in [0, 0.1) is 0 Å². The summed E-state index contributed by atoms with van der Waals surface area (Å²) in [6.07, 6.45) is 2.12. The van der Waals surface area contributed by atoms with Crippen LogP contribution in [0.1, 0.15) is 24.0 Å². The Kier molecular flexibility index (Phi) is 3.68. The Balaban J connectivity index is 2.13. The summed E-state index contributed by atoms with van der Waals surface area (Å²) in [4.78, 5) is 24.4. The van der Waals surface area contributed by atoms with Crippen LogP contribution in [0.3, 0.4) is 0 Å². The topological polar surface area (TPSA) is 49.3 Å². The summed E-state index contributed by atoms with van der Waals surface area (Å²) in [5.74, 6) is 1.20. The molecule has 0 radical (unpaired) electrons. The van der Waals surface area contributed by atoms with Crippen molar-refractivity contribution >= 4 is 11.6 Å². The molecule has 0 bridgehead atoms. The molecule has 0 saturated carbocycles. The van der Waals surface area contributed by atoms with Crippen molar-refractivity contribution in [2.45, 2.75) is 13.3 Å². The van der Waals surface area contributed by atoms with Gasteiger partial charge in [-0.2, -0.15) is 0 Å². The van der Waals surface area contributed by atoms with E-state index in [-0.39, 0.29) is 5.78 Å². The Bertz CT molecular complexity index is 399. The van der Waals surface area contributed by atoms with Crippen LogP contribution in [0.5, 0.6) is 0 Å². The quantitative estimate of drug-likeness (QED) is 0.725. The van der Waals surface area contributed by atoms with E-state index in [1.165, 1.54) is 0 Å². The highest BCUT2D eigenvalue weighted by molar-refractivity contribution is 5.92. The fourth-order valence-corrected chi connectivity index (χ4v) is 1.85. The fourth-order valence-electron chi connectivity index (χ4n) is 1.85. The lowest BCUT2D eigenvalue weighted by atomic mass is 10.3. The van der Waals surface area contributed by atoms with Crippen molar-refractivity contribution < 1.29 is 4.79 Å². The maximum atomic E-state index is 11.5. The van der Waals surface area contributed by atoms with Crippen molar-refractivity contribution in [3.63, 3.8) is 0 Å². The monoisotopic (exact) mass is 234 g/mol. The minimum absolute atomic E-state index is 0.000905. The SMILES string of the molecule is CCC(=O)c1nccc(N2CCN(C)CC2)n1. The summed E-state index contributed by atoms with van der Waals surface area (Å²) in [5.41, 5.74) is 0. The number of nitrogens with zero attached hydrogens (tertiary/aromatic N) is 4. The van der Waals surface area contributed by atoms with Gasteiger partial charge in [0, 0.05) is 38.8 Å². The zero-order valence-electron chi connectivity index (χ0n) is 10.4. The van der Waals surface area contributed by atoms with E-state index < -0.39 is 0 Å². The zero-order chi connectivity index (χ0) is 12.3. The lowest BCUT2D eigenvalue weighted by molar-refractivity contribution is 0.0978. The number of Topliss-reactive ketones (excluding diaryl/α,β-unsaturated/α-hetero) is 1. The van der Waals surface area contributed by atoms with Crippen LogP contribution in [0.4, 0.5) is 5.82 Å². The molecule has 1 aliphatic heterocycles. The minimum Gasteiger partial charge on any atom is -0.354 e. The first-order valence-corrected chi connectivity index (χ1v) is 6.00. The van der Waals surface area contributed by atoms with Crippen LogP contribution >= 0.6 is 0 Å². The third-order valence-corrected chi connectivity index (χ3v) is 3.04. The Hall–Kier alpha value is -1.49. The molecule has 0 aromatic carbocycles. The van der Waals surface area contributed by atoms with Gasteiger partial charge in [-0.1, -0.05) is 6.92 Å². The second-order valence-electron chi connectivity index (χ2n) is 4.31. The molecule has 0 spiro atoms. The van der Waals surface area contributed by atoms with E-state index in [1.807, 2.05) is 13.0 Å². The number of piperazine rings is 1. The van der Waals surface area contributed by atoms with Gasteiger partial charge in [0.25, 0.3) is 0 Å². The van der Waals surface area contributed by atoms with Gasteiger partial charge in [-0.3, -0.25) is 4.79 Å². The number of carbonyl (C=O) groups is 1. The van der Waals surface area contributed by atoms with Gasteiger partial charge in [-0.05, 0) is 13.1 Å². The second-order valence-corrected chi connectivity index (χ2v) is 4.31. The molecule has 0 atom stereocenters. The van der Waals surface area contributed by atoms with E-state index in [0.29, 0.717) is 12.2 Å². The fraction of sp³-hybridized carbons (Fsp3) is 0.583. The van der Waals surface area contributed by atoms with E-state index in [9.17, 15) is 4.79 Å². The molecule has 5 nitrogen and oxygen atoms in total. The number of hydrogen-bond donors (Lipinski definition) is 0. The number of carbonyl (C=O) groups excluding carboxylic acids is 1. The average Bonchev–Trinajstić information content (AvgIpc) is 2.39. The lowest BCUT2D eigenvalue weighted by Crippen LogP contribution is -2.44. The molecule has 0 aliphatic carbocycles. The predicted octanol–water partition coefficient (Wildman–Crippen LogP) is 0.821. The van der Waals surface area contributed by atoms with Crippen molar-refractivity contribution in [1.82, 2.24) is 14.9 Å². The average molecular weight is 234 g/mol. The molecule has 1 aromatic rings. The summed E-state index contributed by atoms with van der Waals surface area (Å²) in [7, 11) is 2.11. The predicted molar refractivity (Wildman–Crippen MR) is 66.4 cm³/mol. The van der Waals surface area contributed by atoms with Gasteiger partial charge in [0.05, 0.1) is 0 Å². The molecule has 17 heavy (non-hydrogen) atoms. The molecule has 0 N–H and O–H groups in total. The van der Waals surface area contributed by atoms with Crippen LogP contribution in [0.15, 0.2) is 12.3 Å². The maximum Gasteiger partial charge on any atom is 0.199 e. The van der Waals surface area contributed by atoms with Crippen LogP contribution in [-0.4, -0.2) is 53.9 Å². The van der Waals surface area contributed by atoms with Gasteiger partial charge in [-0.15, -0.1) is 0 Å². The molecule has 1 aliphatic rings. The summed E-state index contributed by atoms with van der Waals surface area (Å²) in [5, 5.41) is 0. The summed E-state index contributed by atoms with van der Waals surface area (Å²) in [6, 6.07) is 1.87. The Morgan fingerprint density at radius 1 is 1.35 bits per heavy atom. The van der Waals surface area contributed by atoms with Crippen LogP contribution in [0.2, 0.25) is 0 Å². The Morgan fingerprint density at radius 3 is 2.71 bits per heavy atom. The molecule has 2 heterocycles. The first-order chi connectivity index (χ1) is 8.20. The van der Waals surface area contributed by atoms with Crippen LogP contribution < -0.4 is 4.90 Å². The van der Waals surface area contributed by atoms with Gasteiger partial charge >= 0.3 is 0 Å². The first kappa shape index (κ1) is 12.0. The molecule has 92 valence electrons. The summed E-state index contributed by atoms with van der Waals surface area (Å²) < 4.78 is 0. The molecule has 1 saturated heterocycles. The number of hydrogen-bond acceptors (Lipinski definition) is 5. The normalized spacial score (nSPS) is 17.2. The summed E-state index contributed by atoms with van der Waals surface area (Å²) in [6.45, 7) is 5.79. The van der Waals surface area contributed by atoms with E-state index in [0.717, 1.165) is 32.0 Å². The number of aromatic nitrogens is 2. The largest absolute Gasteiger partial charge is 0.354 e. The third-order valence-electron chi connectivity index (χ3n) is 3.04. The Morgan fingerprint density at radius 2 is 2.06 bits per heavy atom. The molecule has 1 aromatic heterocycles. The number of ketones is 1. The molecule has 2 rings (SSSR count). The third kappa shape index (κ3) is 2.79. The number of likely N-dealkylation sites (N-methyl/N-ethyl adjacent to an activating group) is 1. The highest BCUT2D eigenvalue weighted by atomic mass is 16.1. The second kappa shape index (κ2) is 5.23. The lowest BCUT2D eigenvalue weighted by Gasteiger charge is -2.33. The minimum atomic E-state index is 0.000905. The molecule has 0 unspecified atom stereocenters. The smallest absolute Gasteiger partial charge is 0.199 e.